The lowest BCUT2D eigenvalue weighted by Crippen LogP contribution is -2.00. The van der Waals surface area contributed by atoms with E-state index < -0.39 is 0 Å². The SMILES string of the molecule is S=C1C=CC2=CC=CCOC2=C1. The molecule has 0 spiro atoms. The monoisotopic (exact) mass is 176 g/mol. The van der Waals surface area contributed by atoms with Gasteiger partial charge in [-0.05, 0) is 24.3 Å². The zero-order valence-corrected chi connectivity index (χ0v) is 7.30. The second-order valence-electron chi connectivity index (χ2n) is 2.61. The molecule has 2 heteroatoms. The first-order valence-electron chi connectivity index (χ1n) is 3.80. The van der Waals surface area contributed by atoms with Gasteiger partial charge in [-0.3, -0.25) is 0 Å². The van der Waals surface area contributed by atoms with Gasteiger partial charge in [0.05, 0.1) is 0 Å². The standard InChI is InChI=1S/C10H8OS/c12-9-5-4-8-3-1-2-6-11-10(8)7-9/h1-5,7H,6H2. The van der Waals surface area contributed by atoms with Crippen LogP contribution in [0.2, 0.25) is 0 Å². The Morgan fingerprint density at radius 2 is 2.25 bits per heavy atom. The molecule has 12 heavy (non-hydrogen) atoms. The molecule has 0 amide bonds. The summed E-state index contributed by atoms with van der Waals surface area (Å²) in [6.45, 7) is 0.627. The molecule has 0 unspecified atom stereocenters. The lowest BCUT2D eigenvalue weighted by atomic mass is 10.1. The lowest BCUT2D eigenvalue weighted by molar-refractivity contribution is 0.260. The number of hydrogen-bond donors (Lipinski definition) is 0. The second kappa shape index (κ2) is 3.07. The fraction of sp³-hybridized carbons (Fsp3) is 0.100. The molecule has 0 radical (unpaired) electrons. The molecule has 1 nitrogen and oxygen atoms in total. The Kier molecular flexibility index (Phi) is 1.92. The summed E-state index contributed by atoms with van der Waals surface area (Å²) >= 11 is 5.03. The Labute approximate surface area is 76.7 Å². The van der Waals surface area contributed by atoms with Crippen molar-refractivity contribution in [3.8, 4) is 0 Å². The van der Waals surface area contributed by atoms with Crippen molar-refractivity contribution in [2.45, 2.75) is 0 Å². The van der Waals surface area contributed by atoms with Gasteiger partial charge in [0, 0.05) is 10.4 Å². The first kappa shape index (κ1) is 7.50. The summed E-state index contributed by atoms with van der Waals surface area (Å²) in [4.78, 5) is 0.823. The van der Waals surface area contributed by atoms with Gasteiger partial charge in [0.1, 0.15) is 12.4 Å². The molecule has 0 aromatic rings. The van der Waals surface area contributed by atoms with Crippen LogP contribution in [0.1, 0.15) is 0 Å². The minimum atomic E-state index is 0.627. The van der Waals surface area contributed by atoms with Crippen LogP contribution in [0.3, 0.4) is 0 Å². The molecule has 0 saturated heterocycles. The van der Waals surface area contributed by atoms with Crippen molar-refractivity contribution in [3.05, 3.63) is 47.8 Å². The molecule has 0 N–H and O–H groups in total. The Hall–Kier alpha value is -1.15. The van der Waals surface area contributed by atoms with E-state index in [1.165, 1.54) is 0 Å². The summed E-state index contributed by atoms with van der Waals surface area (Å²) in [6.07, 6.45) is 11.8. The van der Waals surface area contributed by atoms with Crippen molar-refractivity contribution in [1.29, 1.82) is 0 Å². The van der Waals surface area contributed by atoms with Gasteiger partial charge in [-0.15, -0.1) is 0 Å². The van der Waals surface area contributed by atoms with Gasteiger partial charge in [-0.1, -0.05) is 24.4 Å². The normalized spacial score (nSPS) is 20.5. The number of ether oxygens (including phenoxy) is 1. The van der Waals surface area contributed by atoms with E-state index in [4.69, 9.17) is 17.0 Å². The molecule has 0 fully saturated rings. The fourth-order valence-corrected chi connectivity index (χ4v) is 1.32. The Morgan fingerprint density at radius 1 is 1.33 bits per heavy atom. The van der Waals surface area contributed by atoms with Crippen LogP contribution in [0.15, 0.2) is 47.8 Å². The highest BCUT2D eigenvalue weighted by Crippen LogP contribution is 2.20. The van der Waals surface area contributed by atoms with Gasteiger partial charge in [-0.2, -0.15) is 0 Å². The molecule has 0 atom stereocenters. The van der Waals surface area contributed by atoms with Crippen LogP contribution in [0, 0.1) is 0 Å². The smallest absolute Gasteiger partial charge is 0.128 e. The molecular formula is C10H8OS. The molecule has 1 aliphatic carbocycles. The average Bonchev–Trinajstić information content (AvgIpc) is 2.28. The molecule has 60 valence electrons. The van der Waals surface area contributed by atoms with Crippen molar-refractivity contribution >= 4 is 17.1 Å². The van der Waals surface area contributed by atoms with Crippen LogP contribution in [0.5, 0.6) is 0 Å². The maximum atomic E-state index is 5.44. The number of hydrogen-bond acceptors (Lipinski definition) is 2. The van der Waals surface area contributed by atoms with Crippen LogP contribution in [0.4, 0.5) is 0 Å². The highest BCUT2D eigenvalue weighted by atomic mass is 32.1. The van der Waals surface area contributed by atoms with Crippen molar-refractivity contribution in [2.24, 2.45) is 0 Å². The largest absolute Gasteiger partial charge is 0.489 e. The van der Waals surface area contributed by atoms with E-state index in [0.717, 1.165) is 16.2 Å². The van der Waals surface area contributed by atoms with Crippen molar-refractivity contribution < 1.29 is 4.74 Å². The van der Waals surface area contributed by atoms with Crippen molar-refractivity contribution in [3.63, 3.8) is 0 Å². The third kappa shape index (κ3) is 1.38. The molecule has 1 aliphatic heterocycles. The number of allylic oxidation sites excluding steroid dienone is 5. The van der Waals surface area contributed by atoms with Gasteiger partial charge in [0.15, 0.2) is 0 Å². The topological polar surface area (TPSA) is 9.23 Å². The summed E-state index contributed by atoms with van der Waals surface area (Å²) in [5, 5.41) is 0. The Morgan fingerprint density at radius 3 is 3.17 bits per heavy atom. The zero-order valence-electron chi connectivity index (χ0n) is 6.49. The number of fused-ring (bicyclic) bond motifs is 1. The van der Waals surface area contributed by atoms with E-state index in [1.54, 1.807) is 0 Å². The molecular weight excluding hydrogens is 168 g/mol. The minimum Gasteiger partial charge on any atom is -0.489 e. The van der Waals surface area contributed by atoms with Gasteiger partial charge < -0.3 is 4.74 Å². The quantitative estimate of drug-likeness (QED) is 0.524. The van der Waals surface area contributed by atoms with Crippen molar-refractivity contribution in [2.75, 3.05) is 6.61 Å². The van der Waals surface area contributed by atoms with Gasteiger partial charge in [0.2, 0.25) is 0 Å². The summed E-state index contributed by atoms with van der Waals surface area (Å²) < 4.78 is 5.44. The summed E-state index contributed by atoms with van der Waals surface area (Å²) in [6, 6.07) is 0. The fourth-order valence-electron chi connectivity index (χ4n) is 1.14. The van der Waals surface area contributed by atoms with E-state index in [-0.39, 0.29) is 0 Å². The van der Waals surface area contributed by atoms with E-state index in [9.17, 15) is 0 Å². The minimum absolute atomic E-state index is 0.627. The van der Waals surface area contributed by atoms with Crippen LogP contribution in [-0.4, -0.2) is 11.5 Å². The highest BCUT2D eigenvalue weighted by molar-refractivity contribution is 7.81. The Bertz CT molecular complexity index is 332. The maximum absolute atomic E-state index is 5.44. The molecule has 0 aromatic carbocycles. The molecule has 0 aromatic heterocycles. The first-order valence-corrected chi connectivity index (χ1v) is 4.21. The second-order valence-corrected chi connectivity index (χ2v) is 3.08. The van der Waals surface area contributed by atoms with E-state index in [0.29, 0.717) is 6.61 Å². The highest BCUT2D eigenvalue weighted by Gasteiger charge is 2.09. The molecule has 2 rings (SSSR count). The summed E-state index contributed by atoms with van der Waals surface area (Å²) in [5.74, 6) is 0.882. The molecule has 2 aliphatic rings. The lowest BCUT2D eigenvalue weighted by Gasteiger charge is -2.10. The van der Waals surface area contributed by atoms with E-state index >= 15 is 0 Å². The predicted molar refractivity (Wildman–Crippen MR) is 53.0 cm³/mol. The first-order chi connectivity index (χ1) is 5.86. The molecule has 0 bridgehead atoms. The predicted octanol–water partition coefficient (Wildman–Crippen LogP) is 2.32. The van der Waals surface area contributed by atoms with Crippen LogP contribution in [-0.2, 0) is 4.74 Å². The van der Waals surface area contributed by atoms with Gasteiger partial charge in [0.25, 0.3) is 0 Å². The van der Waals surface area contributed by atoms with Crippen molar-refractivity contribution in [1.82, 2.24) is 0 Å². The third-order valence-corrected chi connectivity index (χ3v) is 1.99. The zero-order chi connectivity index (χ0) is 8.39. The summed E-state index contributed by atoms with van der Waals surface area (Å²) in [5.41, 5.74) is 1.09. The summed E-state index contributed by atoms with van der Waals surface area (Å²) in [7, 11) is 0. The van der Waals surface area contributed by atoms with E-state index in [2.05, 4.69) is 0 Å². The van der Waals surface area contributed by atoms with Crippen LogP contribution >= 0.6 is 12.2 Å². The van der Waals surface area contributed by atoms with Crippen LogP contribution in [0.25, 0.3) is 0 Å². The Balaban J connectivity index is 2.38. The van der Waals surface area contributed by atoms with Gasteiger partial charge >= 0.3 is 0 Å². The average molecular weight is 176 g/mol. The van der Waals surface area contributed by atoms with Crippen LogP contribution < -0.4 is 0 Å². The third-order valence-electron chi connectivity index (χ3n) is 1.73. The number of thiocarbonyl (C=S) groups is 1. The van der Waals surface area contributed by atoms with Gasteiger partial charge in [-0.25, -0.2) is 0 Å². The van der Waals surface area contributed by atoms with E-state index in [1.807, 2.05) is 36.5 Å². The molecule has 0 saturated carbocycles. The maximum Gasteiger partial charge on any atom is 0.128 e. The number of rotatable bonds is 0. The molecule has 1 heterocycles.